The predicted octanol–water partition coefficient (Wildman–Crippen LogP) is 3.46. The number of amides is 3. The number of carbonyl (C=O) groups excluding carboxylic acids is 2. The maximum Gasteiger partial charge on any atom is 0.327 e. The molecule has 34 heavy (non-hydrogen) atoms. The molecule has 2 aromatic carbocycles. The normalized spacial score (nSPS) is 18.3. The van der Waals surface area contributed by atoms with E-state index in [1.807, 2.05) is 43.3 Å². The van der Waals surface area contributed by atoms with Crippen molar-refractivity contribution in [3.8, 4) is 5.75 Å². The SMILES string of the molecule is CCN1C(=O)N(Cc2cccc(OC)c2)C(=O)C12CCN(Cc1cccc3nccnc13)CC2. The molecule has 2 aliphatic heterocycles. The Morgan fingerprint density at radius 3 is 2.53 bits per heavy atom. The highest BCUT2D eigenvalue weighted by atomic mass is 16.5. The highest BCUT2D eigenvalue weighted by Crippen LogP contribution is 2.38. The molecule has 2 fully saturated rings. The van der Waals surface area contributed by atoms with E-state index in [9.17, 15) is 9.59 Å². The number of urea groups is 1. The molecule has 8 heteroatoms. The molecule has 1 spiro atoms. The second kappa shape index (κ2) is 9.02. The van der Waals surface area contributed by atoms with Gasteiger partial charge in [0.05, 0.1) is 24.7 Å². The van der Waals surface area contributed by atoms with Gasteiger partial charge < -0.3 is 9.64 Å². The summed E-state index contributed by atoms with van der Waals surface area (Å²) in [6.07, 6.45) is 4.67. The third kappa shape index (κ3) is 3.77. The lowest BCUT2D eigenvalue weighted by molar-refractivity contribution is -0.136. The minimum Gasteiger partial charge on any atom is -0.497 e. The summed E-state index contributed by atoms with van der Waals surface area (Å²) in [4.78, 5) is 41.4. The smallest absolute Gasteiger partial charge is 0.327 e. The fraction of sp³-hybridized carbons (Fsp3) is 0.385. The Hall–Kier alpha value is -3.52. The number of nitrogens with zero attached hydrogens (tertiary/aromatic N) is 5. The van der Waals surface area contributed by atoms with E-state index in [2.05, 4.69) is 20.9 Å². The molecular weight excluding hydrogens is 430 g/mol. The molecule has 0 bridgehead atoms. The van der Waals surface area contributed by atoms with Crippen molar-refractivity contribution in [3.05, 3.63) is 66.0 Å². The number of para-hydroxylation sites is 1. The molecule has 0 aliphatic carbocycles. The third-order valence-corrected chi connectivity index (χ3v) is 7.07. The average molecular weight is 460 g/mol. The molecule has 8 nitrogen and oxygen atoms in total. The summed E-state index contributed by atoms with van der Waals surface area (Å²) in [5, 5.41) is 0. The van der Waals surface area contributed by atoms with Crippen LogP contribution in [0.5, 0.6) is 5.75 Å². The first kappa shape index (κ1) is 22.3. The Morgan fingerprint density at radius 1 is 1.00 bits per heavy atom. The maximum atomic E-state index is 13.7. The van der Waals surface area contributed by atoms with Gasteiger partial charge in [-0.25, -0.2) is 4.79 Å². The van der Waals surface area contributed by atoms with Crippen LogP contribution in [0, 0.1) is 0 Å². The van der Waals surface area contributed by atoms with Crippen LogP contribution in [0.3, 0.4) is 0 Å². The Labute approximate surface area is 199 Å². The molecule has 0 radical (unpaired) electrons. The van der Waals surface area contributed by atoms with E-state index in [-0.39, 0.29) is 18.5 Å². The van der Waals surface area contributed by atoms with E-state index in [4.69, 9.17) is 4.74 Å². The lowest BCUT2D eigenvalue weighted by atomic mass is 9.85. The standard InChI is InChI=1S/C26H29N5O3/c1-3-31-25(33)30(17-19-6-4-8-21(16-19)34-2)24(32)26(31)10-14-29(15-11-26)18-20-7-5-9-22-23(20)28-13-12-27-22/h4-9,12-13,16H,3,10-11,14-15,17-18H2,1-2H3. The molecule has 2 saturated heterocycles. The topological polar surface area (TPSA) is 78.9 Å². The van der Waals surface area contributed by atoms with Gasteiger partial charge in [0.25, 0.3) is 5.91 Å². The molecule has 0 saturated carbocycles. The van der Waals surface area contributed by atoms with Gasteiger partial charge >= 0.3 is 6.03 Å². The number of carbonyl (C=O) groups is 2. The van der Waals surface area contributed by atoms with Gasteiger partial charge in [0.2, 0.25) is 0 Å². The number of methoxy groups -OCH3 is 1. The van der Waals surface area contributed by atoms with Gasteiger partial charge in [-0.3, -0.25) is 24.6 Å². The van der Waals surface area contributed by atoms with Crippen molar-refractivity contribution in [2.45, 2.75) is 38.4 Å². The summed E-state index contributed by atoms with van der Waals surface area (Å²) < 4.78 is 5.30. The van der Waals surface area contributed by atoms with Crippen molar-refractivity contribution in [2.24, 2.45) is 0 Å². The van der Waals surface area contributed by atoms with Crippen molar-refractivity contribution in [2.75, 3.05) is 26.7 Å². The second-order valence-electron chi connectivity index (χ2n) is 8.92. The van der Waals surface area contributed by atoms with Crippen molar-refractivity contribution in [1.29, 1.82) is 0 Å². The van der Waals surface area contributed by atoms with Crippen molar-refractivity contribution in [1.82, 2.24) is 24.7 Å². The van der Waals surface area contributed by atoms with Crippen LogP contribution in [0.2, 0.25) is 0 Å². The van der Waals surface area contributed by atoms with Gasteiger partial charge in [-0.05, 0) is 49.1 Å². The van der Waals surface area contributed by atoms with E-state index in [1.165, 1.54) is 4.90 Å². The number of imide groups is 1. The molecule has 3 amide bonds. The zero-order chi connectivity index (χ0) is 23.7. The number of hydrogen-bond acceptors (Lipinski definition) is 6. The van der Waals surface area contributed by atoms with E-state index < -0.39 is 5.54 Å². The largest absolute Gasteiger partial charge is 0.497 e. The second-order valence-corrected chi connectivity index (χ2v) is 8.92. The number of piperidine rings is 1. The van der Waals surface area contributed by atoms with Gasteiger partial charge in [0, 0.05) is 38.6 Å². The monoisotopic (exact) mass is 459 g/mol. The van der Waals surface area contributed by atoms with Gasteiger partial charge in [-0.1, -0.05) is 24.3 Å². The van der Waals surface area contributed by atoms with Crippen LogP contribution in [-0.4, -0.2) is 68.9 Å². The number of likely N-dealkylation sites (N-methyl/N-ethyl adjacent to an activating group) is 1. The highest BCUT2D eigenvalue weighted by Gasteiger charge is 2.57. The van der Waals surface area contributed by atoms with E-state index >= 15 is 0 Å². The number of rotatable bonds is 6. The number of aromatic nitrogens is 2. The fourth-order valence-corrected chi connectivity index (χ4v) is 5.30. The van der Waals surface area contributed by atoms with Gasteiger partial charge in [0.1, 0.15) is 11.3 Å². The number of likely N-dealkylation sites (tertiary alicyclic amines) is 1. The molecule has 5 rings (SSSR count). The third-order valence-electron chi connectivity index (χ3n) is 7.07. The van der Waals surface area contributed by atoms with Gasteiger partial charge in [0.15, 0.2) is 0 Å². The Morgan fingerprint density at radius 2 is 1.76 bits per heavy atom. The molecule has 0 unspecified atom stereocenters. The lowest BCUT2D eigenvalue weighted by Gasteiger charge is -2.42. The molecule has 0 atom stereocenters. The quantitative estimate of drug-likeness (QED) is 0.526. The predicted molar refractivity (Wildman–Crippen MR) is 128 cm³/mol. The molecule has 176 valence electrons. The molecule has 0 N–H and O–H groups in total. The zero-order valence-electron chi connectivity index (χ0n) is 19.6. The van der Waals surface area contributed by atoms with Gasteiger partial charge in [-0.2, -0.15) is 0 Å². The minimum atomic E-state index is -0.764. The van der Waals surface area contributed by atoms with Crippen LogP contribution in [0.25, 0.3) is 11.0 Å². The summed E-state index contributed by atoms with van der Waals surface area (Å²) in [5.41, 5.74) is 3.04. The number of ether oxygens (including phenoxy) is 1. The van der Waals surface area contributed by atoms with Crippen molar-refractivity contribution < 1.29 is 14.3 Å². The van der Waals surface area contributed by atoms with Crippen LogP contribution in [0.4, 0.5) is 4.79 Å². The first-order chi connectivity index (χ1) is 16.6. The number of benzene rings is 2. The Kier molecular flexibility index (Phi) is 5.91. The van der Waals surface area contributed by atoms with Crippen molar-refractivity contribution >= 4 is 23.0 Å². The fourth-order valence-electron chi connectivity index (χ4n) is 5.30. The highest BCUT2D eigenvalue weighted by molar-refractivity contribution is 6.07. The zero-order valence-corrected chi connectivity index (χ0v) is 19.6. The Balaban J connectivity index is 1.32. The summed E-state index contributed by atoms with van der Waals surface area (Å²) in [5.74, 6) is 0.628. The number of fused-ring (bicyclic) bond motifs is 1. The minimum absolute atomic E-state index is 0.0853. The van der Waals surface area contributed by atoms with E-state index in [0.29, 0.717) is 25.1 Å². The average Bonchev–Trinajstić information content (AvgIpc) is 3.06. The van der Waals surface area contributed by atoms with Crippen LogP contribution in [-0.2, 0) is 17.9 Å². The summed E-state index contributed by atoms with van der Waals surface area (Å²) in [6, 6.07) is 13.4. The first-order valence-electron chi connectivity index (χ1n) is 11.7. The molecule has 2 aliphatic rings. The van der Waals surface area contributed by atoms with Crippen LogP contribution in [0.1, 0.15) is 30.9 Å². The molecule has 3 aromatic rings. The summed E-state index contributed by atoms with van der Waals surface area (Å²) in [7, 11) is 1.61. The van der Waals surface area contributed by atoms with Crippen molar-refractivity contribution in [3.63, 3.8) is 0 Å². The number of hydrogen-bond donors (Lipinski definition) is 0. The first-order valence-corrected chi connectivity index (χ1v) is 11.7. The van der Waals surface area contributed by atoms with Gasteiger partial charge in [-0.15, -0.1) is 0 Å². The van der Waals surface area contributed by atoms with E-state index in [0.717, 1.165) is 41.8 Å². The van der Waals surface area contributed by atoms with Crippen LogP contribution < -0.4 is 4.74 Å². The van der Waals surface area contributed by atoms with Crippen LogP contribution in [0.15, 0.2) is 54.9 Å². The summed E-state index contributed by atoms with van der Waals surface area (Å²) in [6.45, 7) is 4.93. The van der Waals surface area contributed by atoms with Crippen LogP contribution >= 0.6 is 0 Å². The summed E-state index contributed by atoms with van der Waals surface area (Å²) >= 11 is 0. The Bertz CT molecular complexity index is 1220. The molecular formula is C26H29N5O3. The molecule has 1 aromatic heterocycles. The van der Waals surface area contributed by atoms with E-state index in [1.54, 1.807) is 24.4 Å². The maximum absolute atomic E-state index is 13.7. The lowest BCUT2D eigenvalue weighted by Crippen LogP contribution is -2.56. The molecule has 3 heterocycles.